The molecule has 1 aliphatic rings. The molecule has 0 radical (unpaired) electrons. The van der Waals surface area contributed by atoms with Gasteiger partial charge in [-0.3, -0.25) is 14.9 Å². The fraction of sp³-hybridized carbons (Fsp3) is 0.250. The van der Waals surface area contributed by atoms with E-state index in [2.05, 4.69) is 10.6 Å². The van der Waals surface area contributed by atoms with E-state index in [0.717, 1.165) is 5.56 Å². The second-order valence-corrected chi connectivity index (χ2v) is 5.10. The van der Waals surface area contributed by atoms with Gasteiger partial charge in [0.25, 0.3) is 5.56 Å². The summed E-state index contributed by atoms with van der Waals surface area (Å²) in [7, 11) is 1.64. The van der Waals surface area contributed by atoms with Crippen molar-refractivity contribution in [2.24, 2.45) is 7.05 Å². The van der Waals surface area contributed by atoms with Crippen molar-refractivity contribution in [1.29, 1.82) is 0 Å². The normalized spacial score (nSPS) is 17.0. The summed E-state index contributed by atoms with van der Waals surface area (Å²) in [5.74, 6) is 0.412. The van der Waals surface area contributed by atoms with Gasteiger partial charge in [-0.25, -0.2) is 0 Å². The second kappa shape index (κ2) is 6.03. The minimum atomic E-state index is -0.552. The zero-order chi connectivity index (χ0) is 15.5. The van der Waals surface area contributed by atoms with Gasteiger partial charge in [0.05, 0.1) is 0 Å². The predicted molar refractivity (Wildman–Crippen MR) is 83.0 cm³/mol. The minimum Gasteiger partial charge on any atom is -0.492 e. The Morgan fingerprint density at radius 2 is 2.14 bits per heavy atom. The maximum Gasteiger partial charge on any atom is 0.274 e. The molecule has 6 nitrogen and oxygen atoms in total. The molecule has 1 aromatic heterocycles. The fourth-order valence-electron chi connectivity index (χ4n) is 2.46. The van der Waals surface area contributed by atoms with E-state index >= 15 is 0 Å². The number of hydrogen-bond acceptors (Lipinski definition) is 4. The van der Waals surface area contributed by atoms with Gasteiger partial charge in [-0.05, 0) is 18.2 Å². The monoisotopic (exact) mass is 299 g/mol. The summed E-state index contributed by atoms with van der Waals surface area (Å²) in [6, 6.07) is 10.2. The Hall–Kier alpha value is -2.60. The topological polar surface area (TPSA) is 72.4 Å². The van der Waals surface area contributed by atoms with Gasteiger partial charge >= 0.3 is 0 Å². The summed E-state index contributed by atoms with van der Waals surface area (Å²) in [5, 5.41) is 5.85. The molecule has 2 heterocycles. The van der Waals surface area contributed by atoms with Crippen molar-refractivity contribution < 1.29 is 9.53 Å². The smallest absolute Gasteiger partial charge is 0.274 e. The number of rotatable bonds is 2. The zero-order valence-electron chi connectivity index (χ0n) is 12.2. The summed E-state index contributed by atoms with van der Waals surface area (Å²) in [5.41, 5.74) is 0.790. The Morgan fingerprint density at radius 3 is 3.00 bits per heavy atom. The number of amides is 1. The van der Waals surface area contributed by atoms with Crippen molar-refractivity contribution in [3.63, 3.8) is 0 Å². The van der Waals surface area contributed by atoms with Crippen LogP contribution in [-0.4, -0.2) is 23.6 Å². The molecule has 0 bridgehead atoms. The molecular formula is C16H17N3O3. The summed E-state index contributed by atoms with van der Waals surface area (Å²) >= 11 is 0. The molecule has 1 aliphatic heterocycles. The van der Waals surface area contributed by atoms with Crippen molar-refractivity contribution in [3.05, 3.63) is 58.5 Å². The molecule has 0 saturated heterocycles. The van der Waals surface area contributed by atoms with Crippen molar-refractivity contribution in [2.45, 2.75) is 6.04 Å². The van der Waals surface area contributed by atoms with E-state index in [9.17, 15) is 9.59 Å². The number of fused-ring (bicyclic) bond motifs is 1. The average molecular weight is 299 g/mol. The quantitative estimate of drug-likeness (QED) is 0.869. The number of carbonyl (C=O) groups excluding carboxylic acids is 1. The number of aromatic nitrogens is 1. The van der Waals surface area contributed by atoms with Gasteiger partial charge in [0.2, 0.25) is 5.91 Å². The summed E-state index contributed by atoms with van der Waals surface area (Å²) in [4.78, 5) is 24.6. The number of aryl methyl sites for hydroxylation is 1. The standard InChI is InChI=1S/C16H17N3O3/c1-19-9-4-6-12(16(19)21)18-15(20)14-11-5-2-3-7-13(11)22-10-8-17-14/h2-7,9,14,17H,8,10H2,1H3,(H,18,20). The van der Waals surface area contributed by atoms with Gasteiger partial charge < -0.3 is 14.6 Å². The first-order valence-electron chi connectivity index (χ1n) is 7.08. The molecule has 22 heavy (non-hydrogen) atoms. The third kappa shape index (κ3) is 2.73. The molecule has 2 N–H and O–H groups in total. The lowest BCUT2D eigenvalue weighted by molar-refractivity contribution is -0.118. The molecule has 0 aliphatic carbocycles. The van der Waals surface area contributed by atoms with E-state index in [1.807, 2.05) is 24.3 Å². The number of benzene rings is 1. The highest BCUT2D eigenvalue weighted by Gasteiger charge is 2.26. The molecule has 1 atom stereocenters. The van der Waals surface area contributed by atoms with Gasteiger partial charge in [-0.2, -0.15) is 0 Å². The summed E-state index contributed by atoms with van der Waals surface area (Å²) in [6.07, 6.45) is 1.64. The number of anilines is 1. The third-order valence-electron chi connectivity index (χ3n) is 3.58. The molecule has 0 saturated carbocycles. The van der Waals surface area contributed by atoms with Crippen LogP contribution in [0.3, 0.4) is 0 Å². The Balaban J connectivity index is 1.89. The van der Waals surface area contributed by atoms with Gasteiger partial charge in [-0.15, -0.1) is 0 Å². The summed E-state index contributed by atoms with van der Waals surface area (Å²) < 4.78 is 7.04. The van der Waals surface area contributed by atoms with Crippen molar-refractivity contribution in [2.75, 3.05) is 18.5 Å². The van der Waals surface area contributed by atoms with Gasteiger partial charge in [0, 0.05) is 25.4 Å². The lowest BCUT2D eigenvalue weighted by Gasteiger charge is -2.17. The highest BCUT2D eigenvalue weighted by Crippen LogP contribution is 2.27. The van der Waals surface area contributed by atoms with E-state index in [-0.39, 0.29) is 17.2 Å². The van der Waals surface area contributed by atoms with Crippen LogP contribution in [0.1, 0.15) is 11.6 Å². The second-order valence-electron chi connectivity index (χ2n) is 5.10. The van der Waals surface area contributed by atoms with Crippen LogP contribution >= 0.6 is 0 Å². The fourth-order valence-corrected chi connectivity index (χ4v) is 2.46. The van der Waals surface area contributed by atoms with Crippen molar-refractivity contribution >= 4 is 11.6 Å². The Kier molecular flexibility index (Phi) is 3.93. The Labute approximate surface area is 127 Å². The molecule has 1 aromatic carbocycles. The molecule has 114 valence electrons. The number of carbonyl (C=O) groups is 1. The molecule has 3 rings (SSSR count). The highest BCUT2D eigenvalue weighted by atomic mass is 16.5. The molecule has 0 fully saturated rings. The summed E-state index contributed by atoms with van der Waals surface area (Å²) in [6.45, 7) is 1.05. The van der Waals surface area contributed by atoms with Crippen LogP contribution in [0.2, 0.25) is 0 Å². The first-order valence-corrected chi connectivity index (χ1v) is 7.08. The van der Waals surface area contributed by atoms with Crippen molar-refractivity contribution in [1.82, 2.24) is 9.88 Å². The largest absolute Gasteiger partial charge is 0.492 e. The number of nitrogens with one attached hydrogen (secondary N) is 2. The van der Waals surface area contributed by atoms with E-state index < -0.39 is 6.04 Å². The average Bonchev–Trinajstić information content (AvgIpc) is 2.74. The zero-order valence-corrected chi connectivity index (χ0v) is 12.2. The van der Waals surface area contributed by atoms with E-state index in [4.69, 9.17) is 4.74 Å². The van der Waals surface area contributed by atoms with Crippen LogP contribution < -0.4 is 20.9 Å². The molecular weight excluding hydrogens is 282 g/mol. The number of ether oxygens (including phenoxy) is 1. The first kappa shape index (κ1) is 14.3. The van der Waals surface area contributed by atoms with Gasteiger partial charge in [0.1, 0.15) is 24.1 Å². The van der Waals surface area contributed by atoms with Gasteiger partial charge in [-0.1, -0.05) is 18.2 Å². The SMILES string of the molecule is Cn1cccc(NC(=O)C2NCCOc3ccccc32)c1=O. The molecule has 2 aromatic rings. The maximum absolute atomic E-state index is 12.6. The van der Waals surface area contributed by atoms with E-state index in [1.54, 1.807) is 25.4 Å². The predicted octanol–water partition coefficient (Wildman–Crippen LogP) is 1.05. The number of pyridine rings is 1. The van der Waals surface area contributed by atoms with E-state index in [1.165, 1.54) is 4.57 Å². The molecule has 6 heteroatoms. The van der Waals surface area contributed by atoms with Gasteiger partial charge in [0.15, 0.2) is 0 Å². The lowest BCUT2D eigenvalue weighted by atomic mass is 10.1. The van der Waals surface area contributed by atoms with E-state index in [0.29, 0.717) is 18.9 Å². The molecule has 1 unspecified atom stereocenters. The van der Waals surface area contributed by atoms with Crippen LogP contribution in [0.5, 0.6) is 5.75 Å². The van der Waals surface area contributed by atoms with Crippen molar-refractivity contribution in [3.8, 4) is 5.75 Å². The number of para-hydroxylation sites is 1. The third-order valence-corrected chi connectivity index (χ3v) is 3.58. The Morgan fingerprint density at radius 1 is 1.32 bits per heavy atom. The van der Waals surface area contributed by atoms with Crippen LogP contribution in [0.25, 0.3) is 0 Å². The first-order chi connectivity index (χ1) is 10.7. The van der Waals surface area contributed by atoms with Crippen LogP contribution in [0.15, 0.2) is 47.4 Å². The van der Waals surface area contributed by atoms with Crippen LogP contribution in [-0.2, 0) is 11.8 Å². The highest BCUT2D eigenvalue weighted by molar-refractivity contribution is 5.95. The van der Waals surface area contributed by atoms with Crippen LogP contribution in [0.4, 0.5) is 5.69 Å². The number of hydrogen-bond donors (Lipinski definition) is 2. The number of nitrogens with zero attached hydrogens (tertiary/aromatic N) is 1. The maximum atomic E-state index is 12.6. The minimum absolute atomic E-state index is 0.242. The molecule has 0 spiro atoms. The van der Waals surface area contributed by atoms with Crippen LogP contribution in [0, 0.1) is 0 Å². The molecule has 1 amide bonds. The lowest BCUT2D eigenvalue weighted by Crippen LogP contribution is -2.35. The Bertz CT molecular complexity index is 754.